The van der Waals surface area contributed by atoms with Crippen LogP contribution in [0, 0.1) is 5.82 Å². The van der Waals surface area contributed by atoms with E-state index in [1.165, 1.54) is 12.1 Å². The van der Waals surface area contributed by atoms with E-state index in [9.17, 15) is 4.39 Å². The average Bonchev–Trinajstić information content (AvgIpc) is 2.89. The Bertz CT molecular complexity index is 753. The van der Waals surface area contributed by atoms with E-state index in [4.69, 9.17) is 10.5 Å². The highest BCUT2D eigenvalue weighted by Gasteiger charge is 2.16. The minimum absolute atomic E-state index is 0.229. The highest BCUT2D eigenvalue weighted by atomic mass is 32.1. The zero-order valence-corrected chi connectivity index (χ0v) is 11.8. The van der Waals surface area contributed by atoms with E-state index in [0.717, 1.165) is 26.3 Å². The van der Waals surface area contributed by atoms with E-state index >= 15 is 0 Å². The third-order valence-electron chi connectivity index (χ3n) is 3.28. The van der Waals surface area contributed by atoms with Gasteiger partial charge in [0.1, 0.15) is 11.6 Å². The van der Waals surface area contributed by atoms with Crippen LogP contribution in [0.15, 0.2) is 48.5 Å². The van der Waals surface area contributed by atoms with Crippen molar-refractivity contribution < 1.29 is 9.13 Å². The summed E-state index contributed by atoms with van der Waals surface area (Å²) in [5.41, 5.74) is 7.26. The maximum atomic E-state index is 13.2. The van der Waals surface area contributed by atoms with Crippen LogP contribution in [-0.4, -0.2) is 7.11 Å². The van der Waals surface area contributed by atoms with Crippen molar-refractivity contribution in [3.05, 3.63) is 64.8 Å². The van der Waals surface area contributed by atoms with Gasteiger partial charge in [0, 0.05) is 15.1 Å². The molecule has 0 spiro atoms. The highest BCUT2D eigenvalue weighted by Crippen LogP contribution is 2.35. The van der Waals surface area contributed by atoms with Crippen LogP contribution in [0.25, 0.3) is 10.1 Å². The second kappa shape index (κ2) is 5.23. The second-order valence-electron chi connectivity index (χ2n) is 4.55. The summed E-state index contributed by atoms with van der Waals surface area (Å²) < 4.78 is 19.6. The molecule has 1 heterocycles. The molecule has 102 valence electrons. The number of para-hydroxylation sites is 1. The Labute approximate surface area is 120 Å². The lowest BCUT2D eigenvalue weighted by molar-refractivity contribution is 0.408. The quantitative estimate of drug-likeness (QED) is 0.787. The molecule has 0 aliphatic rings. The van der Waals surface area contributed by atoms with Crippen LogP contribution < -0.4 is 10.5 Å². The van der Waals surface area contributed by atoms with Gasteiger partial charge in [0.2, 0.25) is 0 Å². The van der Waals surface area contributed by atoms with E-state index in [1.54, 1.807) is 24.5 Å². The van der Waals surface area contributed by atoms with Crippen molar-refractivity contribution in [2.45, 2.75) is 6.04 Å². The van der Waals surface area contributed by atoms with Crippen molar-refractivity contribution in [1.82, 2.24) is 0 Å². The molecule has 1 aromatic heterocycles. The fourth-order valence-corrected chi connectivity index (χ4v) is 3.33. The molecule has 2 aromatic carbocycles. The van der Waals surface area contributed by atoms with Gasteiger partial charge in [-0.1, -0.05) is 18.2 Å². The molecule has 1 atom stereocenters. The van der Waals surface area contributed by atoms with Crippen molar-refractivity contribution in [3.63, 3.8) is 0 Å². The molecule has 0 saturated carbocycles. The minimum Gasteiger partial charge on any atom is -0.496 e. The number of ether oxygens (including phenoxy) is 1. The summed E-state index contributed by atoms with van der Waals surface area (Å²) >= 11 is 1.58. The molecular weight excluding hydrogens is 273 g/mol. The summed E-state index contributed by atoms with van der Waals surface area (Å²) in [4.78, 5) is 0.995. The van der Waals surface area contributed by atoms with Gasteiger partial charge in [0.15, 0.2) is 0 Å². The Morgan fingerprint density at radius 3 is 2.75 bits per heavy atom. The fourth-order valence-electron chi connectivity index (χ4n) is 2.26. The van der Waals surface area contributed by atoms with Crippen LogP contribution >= 0.6 is 11.3 Å². The molecule has 0 bridgehead atoms. The summed E-state index contributed by atoms with van der Waals surface area (Å²) in [6.07, 6.45) is 0. The molecule has 2 nitrogen and oxygen atoms in total. The number of nitrogens with two attached hydrogens (primary N) is 1. The molecule has 1 unspecified atom stereocenters. The summed E-state index contributed by atoms with van der Waals surface area (Å²) in [6, 6.07) is 14.2. The predicted molar refractivity (Wildman–Crippen MR) is 80.8 cm³/mol. The normalized spacial score (nSPS) is 12.6. The van der Waals surface area contributed by atoms with Crippen molar-refractivity contribution in [1.29, 1.82) is 0 Å². The lowest BCUT2D eigenvalue weighted by Crippen LogP contribution is -2.11. The molecule has 0 fully saturated rings. The first-order valence-corrected chi connectivity index (χ1v) is 7.08. The summed E-state index contributed by atoms with van der Waals surface area (Å²) in [5.74, 6) is 0.538. The van der Waals surface area contributed by atoms with Crippen molar-refractivity contribution >= 4 is 21.4 Å². The zero-order chi connectivity index (χ0) is 14.1. The second-order valence-corrected chi connectivity index (χ2v) is 5.67. The van der Waals surface area contributed by atoms with Gasteiger partial charge in [-0.25, -0.2) is 4.39 Å². The molecule has 3 aromatic rings. The Kier molecular flexibility index (Phi) is 3.42. The van der Waals surface area contributed by atoms with Gasteiger partial charge in [0.05, 0.1) is 13.2 Å². The van der Waals surface area contributed by atoms with Crippen LogP contribution in [0.1, 0.15) is 16.5 Å². The van der Waals surface area contributed by atoms with Crippen LogP contribution in [0.4, 0.5) is 4.39 Å². The van der Waals surface area contributed by atoms with Gasteiger partial charge in [-0.15, -0.1) is 11.3 Å². The molecule has 20 heavy (non-hydrogen) atoms. The number of hydrogen-bond donors (Lipinski definition) is 1. The van der Waals surface area contributed by atoms with Gasteiger partial charge in [-0.05, 0) is 35.7 Å². The Morgan fingerprint density at radius 2 is 1.95 bits per heavy atom. The third-order valence-corrected chi connectivity index (χ3v) is 4.48. The molecule has 0 saturated heterocycles. The molecule has 4 heteroatoms. The standard InChI is InChI=1S/C16H14FNOS/c1-19-13-5-3-2-4-12(13)16(18)15-9-10-8-11(17)6-7-14(10)20-15/h2-9,16H,18H2,1H3. The number of hydrogen-bond acceptors (Lipinski definition) is 3. The first-order chi connectivity index (χ1) is 9.69. The Morgan fingerprint density at radius 1 is 1.15 bits per heavy atom. The van der Waals surface area contributed by atoms with Crippen LogP contribution in [0.2, 0.25) is 0 Å². The third kappa shape index (κ3) is 2.28. The average molecular weight is 287 g/mol. The Balaban J connectivity index is 2.05. The van der Waals surface area contributed by atoms with E-state index in [0.29, 0.717) is 0 Å². The lowest BCUT2D eigenvalue weighted by Gasteiger charge is -2.13. The molecule has 0 aliphatic carbocycles. The maximum Gasteiger partial charge on any atom is 0.124 e. The highest BCUT2D eigenvalue weighted by molar-refractivity contribution is 7.19. The number of methoxy groups -OCH3 is 1. The van der Waals surface area contributed by atoms with Crippen molar-refractivity contribution in [3.8, 4) is 5.75 Å². The minimum atomic E-state index is -0.272. The van der Waals surface area contributed by atoms with Gasteiger partial charge in [-0.3, -0.25) is 0 Å². The predicted octanol–water partition coefficient (Wildman–Crippen LogP) is 4.10. The molecule has 0 aliphatic heterocycles. The largest absolute Gasteiger partial charge is 0.496 e. The number of benzene rings is 2. The molecule has 2 N–H and O–H groups in total. The van der Waals surface area contributed by atoms with Crippen LogP contribution in [-0.2, 0) is 0 Å². The molecule has 0 amide bonds. The molecule has 3 rings (SSSR count). The number of rotatable bonds is 3. The number of thiophene rings is 1. The van der Waals surface area contributed by atoms with Gasteiger partial charge >= 0.3 is 0 Å². The van der Waals surface area contributed by atoms with Gasteiger partial charge < -0.3 is 10.5 Å². The summed E-state index contributed by atoms with van der Waals surface area (Å²) in [5, 5.41) is 0.885. The molecule has 0 radical (unpaired) electrons. The number of halogens is 1. The first kappa shape index (κ1) is 13.1. The van der Waals surface area contributed by atoms with Crippen LogP contribution in [0.5, 0.6) is 5.75 Å². The van der Waals surface area contributed by atoms with Crippen molar-refractivity contribution in [2.75, 3.05) is 7.11 Å². The summed E-state index contributed by atoms with van der Waals surface area (Å²) in [7, 11) is 1.63. The van der Waals surface area contributed by atoms with Gasteiger partial charge in [0.25, 0.3) is 0 Å². The SMILES string of the molecule is COc1ccccc1C(N)c1cc2cc(F)ccc2s1. The van der Waals surface area contributed by atoms with E-state index in [2.05, 4.69) is 0 Å². The lowest BCUT2D eigenvalue weighted by atomic mass is 10.0. The topological polar surface area (TPSA) is 35.2 Å². The van der Waals surface area contributed by atoms with Gasteiger partial charge in [-0.2, -0.15) is 0 Å². The monoisotopic (exact) mass is 287 g/mol. The van der Waals surface area contributed by atoms with E-state index in [1.807, 2.05) is 30.3 Å². The summed E-state index contributed by atoms with van der Waals surface area (Å²) in [6.45, 7) is 0. The maximum absolute atomic E-state index is 13.2. The Hall–Kier alpha value is -1.91. The van der Waals surface area contributed by atoms with E-state index < -0.39 is 0 Å². The van der Waals surface area contributed by atoms with E-state index in [-0.39, 0.29) is 11.9 Å². The zero-order valence-electron chi connectivity index (χ0n) is 11.0. The molecular formula is C16H14FNOS. The first-order valence-electron chi connectivity index (χ1n) is 6.26. The smallest absolute Gasteiger partial charge is 0.124 e. The van der Waals surface area contributed by atoms with Crippen molar-refractivity contribution in [2.24, 2.45) is 5.73 Å². The fraction of sp³-hybridized carbons (Fsp3) is 0.125. The number of fused-ring (bicyclic) bond motifs is 1. The van der Waals surface area contributed by atoms with Crippen LogP contribution in [0.3, 0.4) is 0 Å².